The summed E-state index contributed by atoms with van der Waals surface area (Å²) in [5, 5.41) is 11.4. The Morgan fingerprint density at radius 2 is 2.28 bits per heavy atom. The highest BCUT2D eigenvalue weighted by Crippen LogP contribution is 2.32. The Balaban J connectivity index is 1.79. The van der Waals surface area contributed by atoms with Crippen LogP contribution in [0.3, 0.4) is 0 Å². The summed E-state index contributed by atoms with van der Waals surface area (Å²) in [4.78, 5) is 26.6. The van der Waals surface area contributed by atoms with Crippen molar-refractivity contribution in [3.05, 3.63) is 43.2 Å². The molecule has 0 spiro atoms. The molecule has 1 N–H and O–H groups in total. The zero-order valence-corrected chi connectivity index (χ0v) is 14.7. The Kier molecular flexibility index (Phi) is 5.18. The summed E-state index contributed by atoms with van der Waals surface area (Å²) in [5.41, 5.74) is 1.38. The summed E-state index contributed by atoms with van der Waals surface area (Å²) in [6, 6.07) is 7.13. The second-order valence-electron chi connectivity index (χ2n) is 5.73. The fraction of sp³-hybridized carbons (Fsp3) is 0.294. The fourth-order valence-electron chi connectivity index (χ4n) is 2.78. The van der Waals surface area contributed by atoms with E-state index in [2.05, 4.69) is 22.1 Å². The number of allylic oxidation sites excluding steroid dienone is 1. The zero-order valence-electron chi connectivity index (χ0n) is 13.9. The van der Waals surface area contributed by atoms with E-state index in [0.29, 0.717) is 17.4 Å². The molecule has 0 aliphatic carbocycles. The molecule has 1 aliphatic heterocycles. The third kappa shape index (κ3) is 3.74. The molecule has 1 aromatic heterocycles. The van der Waals surface area contributed by atoms with E-state index in [-0.39, 0.29) is 30.0 Å². The van der Waals surface area contributed by atoms with Gasteiger partial charge in [-0.15, -0.1) is 16.8 Å². The second-order valence-corrected chi connectivity index (χ2v) is 6.67. The largest absolute Gasteiger partial charge is 0.324 e. The molecule has 8 heteroatoms. The van der Waals surface area contributed by atoms with Crippen molar-refractivity contribution in [2.75, 3.05) is 16.0 Å². The Bertz CT molecular complexity index is 804. The molecule has 0 bridgehead atoms. The van der Waals surface area contributed by atoms with Crippen LogP contribution in [-0.4, -0.2) is 38.4 Å². The van der Waals surface area contributed by atoms with Crippen LogP contribution in [0.15, 0.2) is 48.4 Å². The van der Waals surface area contributed by atoms with Crippen molar-refractivity contribution in [2.45, 2.75) is 31.1 Å². The average Bonchev–Trinajstić information content (AvgIpc) is 2.96. The van der Waals surface area contributed by atoms with Crippen LogP contribution in [-0.2, 0) is 16.1 Å². The number of hydrogen-bond acceptors (Lipinski definition) is 5. The molecule has 0 saturated carbocycles. The molecule has 1 atom stereocenters. The van der Waals surface area contributed by atoms with E-state index < -0.39 is 0 Å². The second kappa shape index (κ2) is 7.52. The Morgan fingerprint density at radius 1 is 1.48 bits per heavy atom. The molecule has 7 nitrogen and oxygen atoms in total. The first-order chi connectivity index (χ1) is 12.1. The Hall–Kier alpha value is -2.61. The van der Waals surface area contributed by atoms with E-state index in [4.69, 9.17) is 0 Å². The number of aromatic nitrogens is 3. The molecule has 0 fully saturated rings. The number of anilines is 2. The zero-order chi connectivity index (χ0) is 17.8. The molecule has 2 amide bonds. The number of amides is 2. The maximum atomic E-state index is 12.9. The summed E-state index contributed by atoms with van der Waals surface area (Å²) in [7, 11) is 0. The van der Waals surface area contributed by atoms with Gasteiger partial charge in [-0.25, -0.2) is 0 Å². The van der Waals surface area contributed by atoms with Crippen molar-refractivity contribution in [3.8, 4) is 0 Å². The fourth-order valence-corrected chi connectivity index (χ4v) is 3.57. The predicted octanol–water partition coefficient (Wildman–Crippen LogP) is 2.32. The summed E-state index contributed by atoms with van der Waals surface area (Å²) in [6.45, 7) is 6.17. The number of carbonyl (C=O) groups excluding carboxylic acids is 2. The maximum absolute atomic E-state index is 12.9. The topological polar surface area (TPSA) is 80.1 Å². The van der Waals surface area contributed by atoms with Crippen molar-refractivity contribution < 1.29 is 9.59 Å². The van der Waals surface area contributed by atoms with Crippen molar-refractivity contribution in [1.82, 2.24) is 14.8 Å². The molecule has 25 heavy (non-hydrogen) atoms. The lowest BCUT2D eigenvalue weighted by molar-refractivity contribution is -0.117. The van der Waals surface area contributed by atoms with Gasteiger partial charge in [-0.05, 0) is 19.1 Å². The van der Waals surface area contributed by atoms with Crippen molar-refractivity contribution >= 4 is 35.0 Å². The molecule has 3 rings (SSSR count). The number of thioether (sulfide) groups is 1. The quantitative estimate of drug-likeness (QED) is 0.656. The van der Waals surface area contributed by atoms with E-state index in [0.717, 1.165) is 5.69 Å². The smallest absolute Gasteiger partial charge is 0.237 e. The number of nitrogens with one attached hydrogen (secondary N) is 1. The highest BCUT2D eigenvalue weighted by molar-refractivity contribution is 7.99. The minimum atomic E-state index is -0.220. The highest BCUT2D eigenvalue weighted by Gasteiger charge is 2.29. The molecule has 0 unspecified atom stereocenters. The molecule has 2 heterocycles. The van der Waals surface area contributed by atoms with E-state index in [9.17, 15) is 9.59 Å². The monoisotopic (exact) mass is 357 g/mol. The van der Waals surface area contributed by atoms with E-state index in [1.165, 1.54) is 11.8 Å². The van der Waals surface area contributed by atoms with Gasteiger partial charge in [0.05, 0.1) is 17.1 Å². The first-order valence-electron chi connectivity index (χ1n) is 7.92. The van der Waals surface area contributed by atoms with E-state index in [1.807, 2.05) is 29.7 Å². The molecular weight excluding hydrogens is 338 g/mol. The van der Waals surface area contributed by atoms with Crippen LogP contribution in [0, 0.1) is 0 Å². The lowest BCUT2D eigenvalue weighted by atomic mass is 10.2. The minimum Gasteiger partial charge on any atom is -0.324 e. The van der Waals surface area contributed by atoms with E-state index in [1.54, 1.807) is 23.4 Å². The number of hydrogen-bond donors (Lipinski definition) is 1. The SMILES string of the molecule is C=CCn1cnnc1SCC(=O)N1c2ccccc2NC(=O)C[C@H]1C. The number of fused-ring (bicyclic) bond motifs is 1. The van der Waals surface area contributed by atoms with E-state index >= 15 is 0 Å². The standard InChI is InChI=1S/C17H19N5O2S/c1-3-8-21-11-18-20-17(21)25-10-16(24)22-12(2)9-15(23)19-13-6-4-5-7-14(13)22/h3-7,11-12H,1,8-10H2,2H3,(H,19,23)/t12-/m1/s1. The first-order valence-corrected chi connectivity index (χ1v) is 8.91. The normalized spacial score (nSPS) is 16.8. The Labute approximate surface area is 150 Å². The van der Waals surface area contributed by atoms with Gasteiger partial charge < -0.3 is 14.8 Å². The first kappa shape index (κ1) is 17.2. The van der Waals surface area contributed by atoms with Gasteiger partial charge in [0.2, 0.25) is 11.8 Å². The minimum absolute atomic E-state index is 0.0744. The van der Waals surface area contributed by atoms with Gasteiger partial charge in [-0.1, -0.05) is 30.0 Å². The van der Waals surface area contributed by atoms with Crippen molar-refractivity contribution in [3.63, 3.8) is 0 Å². The van der Waals surface area contributed by atoms with Crippen molar-refractivity contribution in [2.24, 2.45) is 0 Å². The summed E-state index contributed by atoms with van der Waals surface area (Å²) >= 11 is 1.32. The summed E-state index contributed by atoms with van der Waals surface area (Å²) in [5.74, 6) is 0.0473. The molecule has 1 aromatic carbocycles. The third-order valence-corrected chi connectivity index (χ3v) is 4.82. The molecule has 130 valence electrons. The summed E-state index contributed by atoms with van der Waals surface area (Å²) in [6.07, 6.45) is 3.62. The van der Waals surface area contributed by atoms with Gasteiger partial charge in [0.15, 0.2) is 5.16 Å². The molecule has 2 aromatic rings. The van der Waals surface area contributed by atoms with Crippen LogP contribution in [0.2, 0.25) is 0 Å². The summed E-state index contributed by atoms with van der Waals surface area (Å²) < 4.78 is 1.83. The number of benzene rings is 1. The number of rotatable bonds is 5. The van der Waals surface area contributed by atoms with Crippen molar-refractivity contribution in [1.29, 1.82) is 0 Å². The number of nitrogens with zero attached hydrogens (tertiary/aromatic N) is 4. The van der Waals surface area contributed by atoms with Crippen LogP contribution >= 0.6 is 11.8 Å². The molecule has 0 radical (unpaired) electrons. The van der Waals surface area contributed by atoms with Crippen LogP contribution in [0.4, 0.5) is 11.4 Å². The Morgan fingerprint density at radius 3 is 3.08 bits per heavy atom. The van der Waals surface area contributed by atoms with Gasteiger partial charge in [0.25, 0.3) is 0 Å². The van der Waals surface area contributed by atoms with Crippen LogP contribution in [0.25, 0.3) is 0 Å². The van der Waals surface area contributed by atoms with Crippen LogP contribution < -0.4 is 10.2 Å². The maximum Gasteiger partial charge on any atom is 0.237 e. The number of carbonyl (C=O) groups is 2. The number of para-hydroxylation sites is 2. The average molecular weight is 357 g/mol. The van der Waals surface area contributed by atoms with Gasteiger partial charge >= 0.3 is 0 Å². The predicted molar refractivity (Wildman–Crippen MR) is 97.6 cm³/mol. The third-order valence-electron chi connectivity index (χ3n) is 3.86. The van der Waals surface area contributed by atoms with Gasteiger partial charge in [0, 0.05) is 19.0 Å². The van der Waals surface area contributed by atoms with Gasteiger partial charge in [-0.3, -0.25) is 9.59 Å². The van der Waals surface area contributed by atoms with Gasteiger partial charge in [0.1, 0.15) is 6.33 Å². The lowest BCUT2D eigenvalue weighted by Crippen LogP contribution is -2.40. The highest BCUT2D eigenvalue weighted by atomic mass is 32.2. The van der Waals surface area contributed by atoms with Crippen LogP contribution in [0.1, 0.15) is 13.3 Å². The molecular formula is C17H19N5O2S. The lowest BCUT2D eigenvalue weighted by Gasteiger charge is -2.27. The van der Waals surface area contributed by atoms with Crippen LogP contribution in [0.5, 0.6) is 0 Å². The molecule has 1 aliphatic rings. The molecule has 0 saturated heterocycles. The van der Waals surface area contributed by atoms with Gasteiger partial charge in [-0.2, -0.15) is 0 Å².